The van der Waals surface area contributed by atoms with Gasteiger partial charge in [0, 0.05) is 17.5 Å². The quantitative estimate of drug-likeness (QED) is 0.771. The Morgan fingerprint density at radius 3 is 2.56 bits per heavy atom. The fraction of sp³-hybridized carbons (Fsp3) is 0.0909. The second kappa shape index (κ2) is 4.49. The molecule has 0 amide bonds. The van der Waals surface area contributed by atoms with E-state index in [0.717, 1.165) is 12.1 Å². The van der Waals surface area contributed by atoms with E-state index in [1.165, 1.54) is 23.6 Å². The molecule has 0 fully saturated rings. The molecule has 16 heavy (non-hydrogen) atoms. The molecular formula is C11H7F2NOS. The highest BCUT2D eigenvalue weighted by Crippen LogP contribution is 2.16. The van der Waals surface area contributed by atoms with Gasteiger partial charge < -0.3 is 0 Å². The van der Waals surface area contributed by atoms with Gasteiger partial charge in [0.05, 0.1) is 11.1 Å². The van der Waals surface area contributed by atoms with Crippen LogP contribution >= 0.6 is 11.3 Å². The zero-order valence-electron chi connectivity index (χ0n) is 8.11. The first-order chi connectivity index (χ1) is 7.68. The van der Waals surface area contributed by atoms with Crippen molar-refractivity contribution in [3.05, 3.63) is 52.0 Å². The second-order valence-corrected chi connectivity index (χ2v) is 4.14. The van der Waals surface area contributed by atoms with Crippen molar-refractivity contribution in [3.8, 4) is 0 Å². The molecule has 1 heterocycles. The summed E-state index contributed by atoms with van der Waals surface area (Å²) >= 11 is 1.28. The number of hydrogen-bond acceptors (Lipinski definition) is 3. The van der Waals surface area contributed by atoms with Crippen molar-refractivity contribution in [2.24, 2.45) is 0 Å². The molecule has 0 saturated carbocycles. The van der Waals surface area contributed by atoms with E-state index in [4.69, 9.17) is 0 Å². The summed E-state index contributed by atoms with van der Waals surface area (Å²) in [6, 6.07) is 3.38. The Morgan fingerprint density at radius 1 is 1.31 bits per heavy atom. The number of nitrogens with zero attached hydrogens (tertiary/aromatic N) is 1. The van der Waals surface area contributed by atoms with Gasteiger partial charge in [-0.1, -0.05) is 6.07 Å². The summed E-state index contributed by atoms with van der Waals surface area (Å²) in [6.45, 7) is 0. The van der Waals surface area contributed by atoms with E-state index in [0.29, 0.717) is 4.88 Å². The van der Waals surface area contributed by atoms with E-state index in [-0.39, 0.29) is 6.42 Å². The molecule has 2 aromatic rings. The summed E-state index contributed by atoms with van der Waals surface area (Å²) in [5.74, 6) is -2.22. The van der Waals surface area contributed by atoms with Gasteiger partial charge in [-0.3, -0.25) is 9.78 Å². The Balaban J connectivity index is 2.28. The Morgan fingerprint density at radius 2 is 2.00 bits per heavy atom. The van der Waals surface area contributed by atoms with E-state index in [2.05, 4.69) is 4.98 Å². The van der Waals surface area contributed by atoms with Gasteiger partial charge in [0.2, 0.25) is 0 Å². The maximum Gasteiger partial charge on any atom is 0.174 e. The summed E-state index contributed by atoms with van der Waals surface area (Å²) in [4.78, 5) is 16.1. The molecule has 0 radical (unpaired) electrons. The van der Waals surface area contributed by atoms with Crippen molar-refractivity contribution in [2.45, 2.75) is 6.42 Å². The highest BCUT2D eigenvalue weighted by atomic mass is 32.1. The molecule has 1 aromatic carbocycles. The van der Waals surface area contributed by atoms with Gasteiger partial charge in [-0.05, 0) is 12.1 Å². The van der Waals surface area contributed by atoms with Crippen LogP contribution in [0.4, 0.5) is 8.78 Å². The summed E-state index contributed by atoms with van der Waals surface area (Å²) in [5, 5.41) is 0. The first-order valence-corrected chi connectivity index (χ1v) is 5.41. The van der Waals surface area contributed by atoms with E-state index < -0.39 is 23.0 Å². The molecule has 5 heteroatoms. The van der Waals surface area contributed by atoms with Crippen molar-refractivity contribution < 1.29 is 13.6 Å². The van der Waals surface area contributed by atoms with Crippen LogP contribution in [0.5, 0.6) is 0 Å². The zero-order chi connectivity index (χ0) is 11.5. The van der Waals surface area contributed by atoms with Crippen LogP contribution in [0.2, 0.25) is 0 Å². The number of aromatic nitrogens is 1. The third kappa shape index (κ3) is 2.14. The Hall–Kier alpha value is -1.62. The molecule has 1 aromatic heterocycles. The van der Waals surface area contributed by atoms with Gasteiger partial charge in [0.25, 0.3) is 0 Å². The highest BCUT2D eigenvalue weighted by molar-refractivity contribution is 7.09. The lowest BCUT2D eigenvalue weighted by atomic mass is 10.1. The largest absolute Gasteiger partial charge is 0.294 e. The predicted molar refractivity (Wildman–Crippen MR) is 56.5 cm³/mol. The van der Waals surface area contributed by atoms with E-state index in [1.54, 1.807) is 5.51 Å². The van der Waals surface area contributed by atoms with Gasteiger partial charge in [-0.2, -0.15) is 0 Å². The molecular weight excluding hydrogens is 232 g/mol. The second-order valence-electron chi connectivity index (χ2n) is 3.16. The molecule has 0 aliphatic rings. The van der Waals surface area contributed by atoms with Crippen LogP contribution < -0.4 is 0 Å². The topological polar surface area (TPSA) is 30.0 Å². The average molecular weight is 239 g/mol. The first-order valence-electron chi connectivity index (χ1n) is 4.53. The number of hydrogen-bond donors (Lipinski definition) is 0. The molecule has 2 rings (SSSR count). The first kappa shape index (κ1) is 10.9. The molecule has 0 spiro atoms. The number of thiazole rings is 1. The number of carbonyl (C=O) groups is 1. The van der Waals surface area contributed by atoms with E-state index >= 15 is 0 Å². The average Bonchev–Trinajstić information content (AvgIpc) is 2.70. The highest BCUT2D eigenvalue weighted by Gasteiger charge is 2.17. The Labute approximate surface area is 94.6 Å². The molecule has 0 saturated heterocycles. The number of halogens is 2. The molecule has 82 valence electrons. The molecule has 0 unspecified atom stereocenters. The minimum atomic E-state index is -0.825. The summed E-state index contributed by atoms with van der Waals surface area (Å²) < 4.78 is 26.5. The molecule has 0 N–H and O–H groups in total. The summed E-state index contributed by atoms with van der Waals surface area (Å²) in [7, 11) is 0. The SMILES string of the molecule is O=C(Cc1cncs1)c1c(F)cccc1F. The molecule has 0 bridgehead atoms. The molecule has 0 aliphatic heterocycles. The fourth-order valence-corrected chi connectivity index (χ4v) is 1.93. The lowest BCUT2D eigenvalue weighted by molar-refractivity contribution is 0.0985. The standard InChI is InChI=1S/C11H7F2NOS/c12-8-2-1-3-9(13)11(8)10(15)4-7-5-14-6-16-7/h1-3,5-6H,4H2. The van der Waals surface area contributed by atoms with Crippen molar-refractivity contribution in [1.29, 1.82) is 0 Å². The smallest absolute Gasteiger partial charge is 0.174 e. The summed E-state index contributed by atoms with van der Waals surface area (Å²) in [5.41, 5.74) is 1.09. The lowest BCUT2D eigenvalue weighted by Gasteiger charge is -2.02. The number of carbonyl (C=O) groups excluding carboxylic acids is 1. The third-order valence-electron chi connectivity index (χ3n) is 2.06. The molecule has 0 atom stereocenters. The van der Waals surface area contributed by atoms with Crippen LogP contribution in [-0.2, 0) is 6.42 Å². The fourth-order valence-electron chi connectivity index (χ4n) is 1.34. The maximum absolute atomic E-state index is 13.3. The Bertz CT molecular complexity index is 490. The van der Waals surface area contributed by atoms with Gasteiger partial charge in [0.1, 0.15) is 11.6 Å². The van der Waals surface area contributed by atoms with Gasteiger partial charge in [-0.25, -0.2) is 8.78 Å². The molecule has 2 nitrogen and oxygen atoms in total. The van der Waals surface area contributed by atoms with Crippen LogP contribution in [0.1, 0.15) is 15.2 Å². The number of benzene rings is 1. The molecule has 0 aliphatic carbocycles. The minimum Gasteiger partial charge on any atom is -0.294 e. The predicted octanol–water partition coefficient (Wildman–Crippen LogP) is 2.85. The lowest BCUT2D eigenvalue weighted by Crippen LogP contribution is -2.08. The Kier molecular flexibility index (Phi) is 3.05. The van der Waals surface area contributed by atoms with Crippen LogP contribution in [0.3, 0.4) is 0 Å². The van der Waals surface area contributed by atoms with E-state index in [9.17, 15) is 13.6 Å². The van der Waals surface area contributed by atoms with Crippen molar-refractivity contribution >= 4 is 17.1 Å². The zero-order valence-corrected chi connectivity index (χ0v) is 8.93. The maximum atomic E-state index is 13.3. The van der Waals surface area contributed by atoms with Crippen LogP contribution in [0, 0.1) is 11.6 Å². The minimum absolute atomic E-state index is 0.0253. The van der Waals surface area contributed by atoms with Crippen molar-refractivity contribution in [3.63, 3.8) is 0 Å². The number of ketones is 1. The monoisotopic (exact) mass is 239 g/mol. The van der Waals surface area contributed by atoms with E-state index in [1.807, 2.05) is 0 Å². The van der Waals surface area contributed by atoms with Gasteiger partial charge in [0.15, 0.2) is 5.78 Å². The van der Waals surface area contributed by atoms with Crippen LogP contribution in [0.25, 0.3) is 0 Å². The third-order valence-corrected chi connectivity index (χ3v) is 2.84. The van der Waals surface area contributed by atoms with Crippen molar-refractivity contribution in [2.75, 3.05) is 0 Å². The van der Waals surface area contributed by atoms with Gasteiger partial charge >= 0.3 is 0 Å². The van der Waals surface area contributed by atoms with Crippen molar-refractivity contribution in [1.82, 2.24) is 4.98 Å². The van der Waals surface area contributed by atoms with Crippen LogP contribution in [-0.4, -0.2) is 10.8 Å². The number of rotatable bonds is 3. The van der Waals surface area contributed by atoms with Crippen LogP contribution in [0.15, 0.2) is 29.9 Å². The summed E-state index contributed by atoms with van der Waals surface area (Å²) in [6.07, 6.45) is 1.49. The normalized spacial score (nSPS) is 10.4. The van der Waals surface area contributed by atoms with Gasteiger partial charge in [-0.15, -0.1) is 11.3 Å². The number of Topliss-reactive ketones (excluding diaryl/α,β-unsaturated/α-hetero) is 1.